The first-order valence-corrected chi connectivity index (χ1v) is 8.15. The Hall–Kier alpha value is -1.75. The lowest BCUT2D eigenvalue weighted by atomic mass is 9.83. The molecule has 0 bridgehead atoms. The number of rotatable bonds is 5. The van der Waals surface area contributed by atoms with Gasteiger partial charge in [-0.2, -0.15) is 0 Å². The van der Waals surface area contributed by atoms with Crippen LogP contribution in [0.15, 0.2) is 18.2 Å². The normalized spacial score (nSPS) is 21.6. The molecule has 0 spiro atoms. The maximum atomic E-state index is 12.8. The van der Waals surface area contributed by atoms with Crippen LogP contribution in [0, 0.1) is 0 Å². The summed E-state index contributed by atoms with van der Waals surface area (Å²) in [6.07, 6.45) is 1.94. The molecule has 2 N–H and O–H groups in total. The molecule has 2 rings (SSSR count). The second-order valence-electron chi connectivity index (χ2n) is 6.74. The Bertz CT molecular complexity index is 557. The molecular formula is C18H28N2O3. The van der Waals surface area contributed by atoms with Gasteiger partial charge < -0.3 is 20.1 Å². The summed E-state index contributed by atoms with van der Waals surface area (Å²) in [7, 11) is 3.21. The largest absolute Gasteiger partial charge is 0.493 e. The molecule has 5 heteroatoms. The minimum atomic E-state index is -0.631. The monoisotopic (exact) mass is 320 g/mol. The van der Waals surface area contributed by atoms with Crippen LogP contribution in [0.5, 0.6) is 11.5 Å². The Morgan fingerprint density at radius 2 is 1.96 bits per heavy atom. The van der Waals surface area contributed by atoms with Crippen molar-refractivity contribution >= 4 is 5.91 Å². The molecule has 1 aromatic rings. The topological polar surface area (TPSA) is 59.6 Å². The van der Waals surface area contributed by atoms with Gasteiger partial charge in [-0.1, -0.05) is 6.07 Å². The molecule has 1 saturated heterocycles. The molecule has 1 amide bonds. The number of amides is 1. The van der Waals surface area contributed by atoms with Gasteiger partial charge in [-0.3, -0.25) is 4.79 Å². The Balaban J connectivity index is 2.14. The van der Waals surface area contributed by atoms with Crippen LogP contribution >= 0.6 is 0 Å². The standard InChI is InChI=1S/C18H28N2O3/c1-12-10-14(8-9-19-12)20-17(21)18(2,3)13-6-7-15(22-4)16(11-13)23-5/h6-7,11-12,14,19H,8-10H2,1-5H3,(H,20,21). The summed E-state index contributed by atoms with van der Waals surface area (Å²) in [5, 5.41) is 6.60. The molecular weight excluding hydrogens is 292 g/mol. The quantitative estimate of drug-likeness (QED) is 0.873. The zero-order valence-corrected chi connectivity index (χ0v) is 14.7. The number of ether oxygens (including phenoxy) is 2. The van der Waals surface area contributed by atoms with E-state index in [2.05, 4.69) is 17.6 Å². The van der Waals surface area contributed by atoms with E-state index in [1.54, 1.807) is 14.2 Å². The molecule has 1 heterocycles. The second kappa shape index (κ2) is 7.21. The predicted octanol–water partition coefficient (Wildman–Crippen LogP) is 2.24. The Morgan fingerprint density at radius 1 is 1.26 bits per heavy atom. The van der Waals surface area contributed by atoms with Gasteiger partial charge in [-0.25, -0.2) is 0 Å². The van der Waals surface area contributed by atoms with Crippen LogP contribution in [0.2, 0.25) is 0 Å². The highest BCUT2D eigenvalue weighted by atomic mass is 16.5. The van der Waals surface area contributed by atoms with E-state index < -0.39 is 5.41 Å². The van der Waals surface area contributed by atoms with Crippen molar-refractivity contribution in [3.05, 3.63) is 23.8 Å². The van der Waals surface area contributed by atoms with Gasteiger partial charge in [0.2, 0.25) is 5.91 Å². The third-order valence-corrected chi connectivity index (χ3v) is 4.63. The molecule has 1 aliphatic heterocycles. The van der Waals surface area contributed by atoms with E-state index in [1.165, 1.54) is 0 Å². The molecule has 0 saturated carbocycles. The van der Waals surface area contributed by atoms with Crippen LogP contribution in [-0.4, -0.2) is 38.8 Å². The first-order chi connectivity index (χ1) is 10.9. The lowest BCUT2D eigenvalue weighted by Crippen LogP contribution is -2.50. The van der Waals surface area contributed by atoms with E-state index in [0.29, 0.717) is 17.5 Å². The van der Waals surface area contributed by atoms with Crippen molar-refractivity contribution in [3.8, 4) is 11.5 Å². The number of piperidine rings is 1. The van der Waals surface area contributed by atoms with Crippen molar-refractivity contribution in [1.29, 1.82) is 0 Å². The minimum absolute atomic E-state index is 0.0452. The minimum Gasteiger partial charge on any atom is -0.493 e. The fourth-order valence-electron chi connectivity index (χ4n) is 2.98. The highest BCUT2D eigenvalue weighted by molar-refractivity contribution is 5.87. The van der Waals surface area contributed by atoms with E-state index in [0.717, 1.165) is 24.9 Å². The van der Waals surface area contributed by atoms with Crippen LogP contribution in [0.4, 0.5) is 0 Å². The molecule has 1 aliphatic rings. The average molecular weight is 320 g/mol. The molecule has 0 aromatic heterocycles. The van der Waals surface area contributed by atoms with Gasteiger partial charge in [-0.15, -0.1) is 0 Å². The fraction of sp³-hybridized carbons (Fsp3) is 0.611. The number of hydrogen-bond donors (Lipinski definition) is 2. The van der Waals surface area contributed by atoms with Gasteiger partial charge in [0.25, 0.3) is 0 Å². The molecule has 2 atom stereocenters. The lowest BCUT2D eigenvalue weighted by molar-refractivity contribution is -0.126. The fourth-order valence-corrected chi connectivity index (χ4v) is 2.98. The number of carbonyl (C=O) groups is 1. The number of methoxy groups -OCH3 is 2. The lowest BCUT2D eigenvalue weighted by Gasteiger charge is -2.32. The van der Waals surface area contributed by atoms with Crippen LogP contribution in [0.3, 0.4) is 0 Å². The molecule has 0 radical (unpaired) electrons. The number of hydrogen-bond acceptors (Lipinski definition) is 4. The first kappa shape index (κ1) is 17.6. The Labute approximate surface area is 138 Å². The van der Waals surface area contributed by atoms with Gasteiger partial charge in [0.05, 0.1) is 19.6 Å². The van der Waals surface area contributed by atoms with Crippen molar-refractivity contribution in [2.75, 3.05) is 20.8 Å². The van der Waals surface area contributed by atoms with Gasteiger partial charge in [-0.05, 0) is 57.9 Å². The van der Waals surface area contributed by atoms with Crippen LogP contribution in [-0.2, 0) is 10.2 Å². The molecule has 0 aliphatic carbocycles. The molecule has 1 aromatic carbocycles. The van der Waals surface area contributed by atoms with Crippen LogP contribution in [0.1, 0.15) is 39.2 Å². The summed E-state index contributed by atoms with van der Waals surface area (Å²) >= 11 is 0. The first-order valence-electron chi connectivity index (χ1n) is 8.15. The zero-order valence-electron chi connectivity index (χ0n) is 14.7. The highest BCUT2D eigenvalue weighted by Crippen LogP contribution is 2.33. The van der Waals surface area contributed by atoms with E-state index in [9.17, 15) is 4.79 Å². The van der Waals surface area contributed by atoms with E-state index in [1.807, 2.05) is 32.0 Å². The SMILES string of the molecule is COc1ccc(C(C)(C)C(=O)NC2CCNC(C)C2)cc1OC. The van der Waals surface area contributed by atoms with Crippen molar-refractivity contribution in [2.45, 2.75) is 51.1 Å². The van der Waals surface area contributed by atoms with Crippen LogP contribution in [0.25, 0.3) is 0 Å². The van der Waals surface area contributed by atoms with Gasteiger partial charge in [0.1, 0.15) is 0 Å². The molecule has 128 valence electrons. The summed E-state index contributed by atoms with van der Waals surface area (Å²) in [5.41, 5.74) is 0.280. The van der Waals surface area contributed by atoms with E-state index in [-0.39, 0.29) is 11.9 Å². The summed E-state index contributed by atoms with van der Waals surface area (Å²) in [5.74, 6) is 1.35. The second-order valence-corrected chi connectivity index (χ2v) is 6.74. The summed E-state index contributed by atoms with van der Waals surface area (Å²) in [4.78, 5) is 12.8. The molecule has 5 nitrogen and oxygen atoms in total. The van der Waals surface area contributed by atoms with Gasteiger partial charge in [0, 0.05) is 12.1 Å². The molecule has 23 heavy (non-hydrogen) atoms. The molecule has 2 unspecified atom stereocenters. The van der Waals surface area contributed by atoms with Crippen molar-refractivity contribution in [1.82, 2.24) is 10.6 Å². The van der Waals surface area contributed by atoms with Crippen molar-refractivity contribution < 1.29 is 14.3 Å². The maximum Gasteiger partial charge on any atom is 0.230 e. The smallest absolute Gasteiger partial charge is 0.230 e. The van der Waals surface area contributed by atoms with Crippen molar-refractivity contribution in [3.63, 3.8) is 0 Å². The third kappa shape index (κ3) is 3.96. The van der Waals surface area contributed by atoms with E-state index >= 15 is 0 Å². The summed E-state index contributed by atoms with van der Waals surface area (Å²) in [6.45, 7) is 6.98. The zero-order chi connectivity index (χ0) is 17.0. The summed E-state index contributed by atoms with van der Waals surface area (Å²) in [6, 6.07) is 6.32. The van der Waals surface area contributed by atoms with Gasteiger partial charge >= 0.3 is 0 Å². The van der Waals surface area contributed by atoms with Crippen molar-refractivity contribution in [2.24, 2.45) is 0 Å². The number of nitrogens with one attached hydrogen (secondary N) is 2. The predicted molar refractivity (Wildman–Crippen MR) is 91.2 cm³/mol. The average Bonchev–Trinajstić information content (AvgIpc) is 2.54. The highest BCUT2D eigenvalue weighted by Gasteiger charge is 2.33. The Kier molecular flexibility index (Phi) is 5.52. The van der Waals surface area contributed by atoms with Crippen LogP contribution < -0.4 is 20.1 Å². The van der Waals surface area contributed by atoms with Gasteiger partial charge in [0.15, 0.2) is 11.5 Å². The molecule has 1 fully saturated rings. The third-order valence-electron chi connectivity index (χ3n) is 4.63. The summed E-state index contributed by atoms with van der Waals surface area (Å²) < 4.78 is 10.6. The number of benzene rings is 1. The number of carbonyl (C=O) groups excluding carboxylic acids is 1. The van der Waals surface area contributed by atoms with E-state index in [4.69, 9.17) is 9.47 Å². The maximum absolute atomic E-state index is 12.8. The Morgan fingerprint density at radius 3 is 2.57 bits per heavy atom.